The molecule has 1 saturated heterocycles. The van der Waals surface area contributed by atoms with E-state index in [4.69, 9.17) is 5.11 Å². The van der Waals surface area contributed by atoms with Crippen LogP contribution in [0.4, 0.5) is 4.79 Å². The number of amides is 2. The van der Waals surface area contributed by atoms with Crippen LogP contribution in [-0.2, 0) is 11.3 Å². The van der Waals surface area contributed by atoms with Crippen LogP contribution in [0.15, 0.2) is 24.5 Å². The molecule has 0 aromatic carbocycles. The summed E-state index contributed by atoms with van der Waals surface area (Å²) in [5.41, 5.74) is 0.822. The maximum absolute atomic E-state index is 11.8. The van der Waals surface area contributed by atoms with Crippen molar-refractivity contribution in [3.8, 4) is 0 Å². The van der Waals surface area contributed by atoms with Gasteiger partial charge in [0, 0.05) is 26.0 Å². The van der Waals surface area contributed by atoms with Gasteiger partial charge in [0.2, 0.25) is 0 Å². The molecule has 6 heteroatoms. The number of nitrogens with zero attached hydrogens (tertiary/aromatic N) is 3. The molecule has 2 amide bonds. The van der Waals surface area contributed by atoms with Gasteiger partial charge in [-0.3, -0.25) is 4.98 Å². The van der Waals surface area contributed by atoms with Gasteiger partial charge in [-0.05, 0) is 11.6 Å². The molecular weight excluding hydrogens is 222 g/mol. The SMILES string of the molecule is CN1CC(C(=O)O)N(Cc2cccnc2)C1=O. The summed E-state index contributed by atoms with van der Waals surface area (Å²) in [6, 6.07) is 2.53. The zero-order valence-electron chi connectivity index (χ0n) is 9.41. The van der Waals surface area contributed by atoms with E-state index in [1.807, 2.05) is 6.07 Å². The third-order valence-corrected chi connectivity index (χ3v) is 2.76. The van der Waals surface area contributed by atoms with Crippen molar-refractivity contribution in [2.45, 2.75) is 12.6 Å². The van der Waals surface area contributed by atoms with Crippen LogP contribution in [0.3, 0.4) is 0 Å². The molecule has 17 heavy (non-hydrogen) atoms. The highest BCUT2D eigenvalue weighted by Crippen LogP contribution is 2.17. The lowest BCUT2D eigenvalue weighted by atomic mass is 10.2. The molecule has 1 atom stereocenters. The Morgan fingerprint density at radius 1 is 1.65 bits per heavy atom. The number of aromatic nitrogens is 1. The van der Waals surface area contributed by atoms with Crippen molar-refractivity contribution in [1.29, 1.82) is 0 Å². The molecule has 0 spiro atoms. The van der Waals surface area contributed by atoms with Gasteiger partial charge < -0.3 is 14.9 Å². The number of carboxylic acids is 1. The lowest BCUT2D eigenvalue weighted by Gasteiger charge is -2.19. The minimum Gasteiger partial charge on any atom is -0.480 e. The van der Waals surface area contributed by atoms with Crippen LogP contribution < -0.4 is 0 Å². The molecule has 1 aromatic heterocycles. The maximum atomic E-state index is 11.8. The number of rotatable bonds is 3. The molecule has 90 valence electrons. The van der Waals surface area contributed by atoms with Gasteiger partial charge in [-0.25, -0.2) is 9.59 Å². The molecule has 0 bridgehead atoms. The molecule has 0 aliphatic carbocycles. The second-order valence-electron chi connectivity index (χ2n) is 4.01. The largest absolute Gasteiger partial charge is 0.480 e. The zero-order chi connectivity index (χ0) is 12.4. The van der Waals surface area contributed by atoms with Gasteiger partial charge in [0.15, 0.2) is 0 Å². The van der Waals surface area contributed by atoms with E-state index in [2.05, 4.69) is 4.98 Å². The number of hydrogen-bond acceptors (Lipinski definition) is 3. The number of carbonyl (C=O) groups excluding carboxylic acids is 1. The fourth-order valence-electron chi connectivity index (χ4n) is 1.87. The minimum atomic E-state index is -0.980. The van der Waals surface area contributed by atoms with Crippen molar-refractivity contribution in [1.82, 2.24) is 14.8 Å². The van der Waals surface area contributed by atoms with Gasteiger partial charge in [-0.15, -0.1) is 0 Å². The Balaban J connectivity index is 2.18. The van der Waals surface area contributed by atoms with Crippen LogP contribution in [0.1, 0.15) is 5.56 Å². The van der Waals surface area contributed by atoms with Crippen LogP contribution in [0.25, 0.3) is 0 Å². The molecule has 0 radical (unpaired) electrons. The summed E-state index contributed by atoms with van der Waals surface area (Å²) >= 11 is 0. The monoisotopic (exact) mass is 235 g/mol. The quantitative estimate of drug-likeness (QED) is 0.823. The highest BCUT2D eigenvalue weighted by molar-refractivity contribution is 5.86. The molecule has 0 saturated carbocycles. The summed E-state index contributed by atoms with van der Waals surface area (Å²) in [6.45, 7) is 0.489. The average Bonchev–Trinajstić information content (AvgIpc) is 2.59. The van der Waals surface area contributed by atoms with Gasteiger partial charge in [-0.2, -0.15) is 0 Å². The van der Waals surface area contributed by atoms with E-state index in [0.29, 0.717) is 0 Å². The van der Waals surface area contributed by atoms with E-state index < -0.39 is 12.0 Å². The predicted molar refractivity (Wildman–Crippen MR) is 59.2 cm³/mol. The van der Waals surface area contributed by atoms with Crippen LogP contribution in [-0.4, -0.2) is 51.5 Å². The Hall–Kier alpha value is -2.11. The minimum absolute atomic E-state index is 0.217. The first-order valence-corrected chi connectivity index (χ1v) is 5.23. The first-order valence-electron chi connectivity index (χ1n) is 5.23. The van der Waals surface area contributed by atoms with E-state index >= 15 is 0 Å². The number of carbonyl (C=O) groups is 2. The summed E-state index contributed by atoms with van der Waals surface area (Å²) in [6.07, 6.45) is 3.26. The van der Waals surface area contributed by atoms with Crippen molar-refractivity contribution in [3.63, 3.8) is 0 Å². The van der Waals surface area contributed by atoms with Crippen LogP contribution in [0.5, 0.6) is 0 Å². The molecule has 1 aliphatic heterocycles. The molecule has 1 aliphatic rings. The Morgan fingerprint density at radius 2 is 2.41 bits per heavy atom. The Labute approximate surface area is 98.5 Å². The molecular formula is C11H13N3O3. The predicted octanol–water partition coefficient (Wildman–Crippen LogP) is 0.402. The number of urea groups is 1. The van der Waals surface area contributed by atoms with Crippen molar-refractivity contribution >= 4 is 12.0 Å². The molecule has 1 aromatic rings. The summed E-state index contributed by atoms with van der Waals surface area (Å²) in [5.74, 6) is -0.980. The van der Waals surface area contributed by atoms with E-state index in [0.717, 1.165) is 5.56 Å². The number of carboxylic acid groups (broad SMARTS) is 1. The molecule has 2 rings (SSSR count). The standard InChI is InChI=1S/C11H13N3O3/c1-13-7-9(10(15)16)14(11(13)17)6-8-3-2-4-12-5-8/h2-5,9H,6-7H2,1H3,(H,15,16). The topological polar surface area (TPSA) is 73.7 Å². The summed E-state index contributed by atoms with van der Waals surface area (Å²) in [5, 5.41) is 9.06. The summed E-state index contributed by atoms with van der Waals surface area (Å²) < 4.78 is 0. The Bertz CT molecular complexity index is 435. The third-order valence-electron chi connectivity index (χ3n) is 2.76. The molecule has 2 heterocycles. The van der Waals surface area contributed by atoms with Crippen LogP contribution >= 0.6 is 0 Å². The number of hydrogen-bond donors (Lipinski definition) is 1. The molecule has 6 nitrogen and oxygen atoms in total. The highest BCUT2D eigenvalue weighted by atomic mass is 16.4. The van der Waals surface area contributed by atoms with Crippen molar-refractivity contribution in [2.75, 3.05) is 13.6 Å². The van der Waals surface area contributed by atoms with Gasteiger partial charge in [0.25, 0.3) is 0 Å². The number of likely N-dealkylation sites (N-methyl/N-ethyl adjacent to an activating group) is 1. The lowest BCUT2D eigenvalue weighted by molar-refractivity contribution is -0.141. The second kappa shape index (κ2) is 4.40. The van der Waals surface area contributed by atoms with Gasteiger partial charge >= 0.3 is 12.0 Å². The van der Waals surface area contributed by atoms with Gasteiger partial charge in [-0.1, -0.05) is 6.07 Å². The van der Waals surface area contributed by atoms with Gasteiger partial charge in [0.05, 0.1) is 6.54 Å². The maximum Gasteiger partial charge on any atom is 0.328 e. The smallest absolute Gasteiger partial charge is 0.328 e. The molecule has 1 fully saturated rings. The number of pyridine rings is 1. The average molecular weight is 235 g/mol. The zero-order valence-corrected chi connectivity index (χ0v) is 9.41. The fraction of sp³-hybridized carbons (Fsp3) is 0.364. The van der Waals surface area contributed by atoms with Crippen molar-refractivity contribution in [3.05, 3.63) is 30.1 Å². The van der Waals surface area contributed by atoms with E-state index in [-0.39, 0.29) is 19.1 Å². The van der Waals surface area contributed by atoms with E-state index in [9.17, 15) is 9.59 Å². The highest BCUT2D eigenvalue weighted by Gasteiger charge is 2.39. The summed E-state index contributed by atoms with van der Waals surface area (Å²) in [7, 11) is 1.60. The van der Waals surface area contributed by atoms with Crippen LogP contribution in [0, 0.1) is 0 Å². The number of aliphatic carboxylic acids is 1. The Morgan fingerprint density at radius 3 is 3.00 bits per heavy atom. The first-order chi connectivity index (χ1) is 8.09. The molecule has 1 N–H and O–H groups in total. The van der Waals surface area contributed by atoms with Gasteiger partial charge in [0.1, 0.15) is 6.04 Å². The van der Waals surface area contributed by atoms with Crippen molar-refractivity contribution < 1.29 is 14.7 Å². The first kappa shape index (κ1) is 11.4. The third kappa shape index (κ3) is 2.20. The molecule has 1 unspecified atom stereocenters. The normalized spacial score (nSPS) is 19.8. The van der Waals surface area contributed by atoms with E-state index in [1.54, 1.807) is 25.5 Å². The van der Waals surface area contributed by atoms with Crippen LogP contribution in [0.2, 0.25) is 0 Å². The van der Waals surface area contributed by atoms with Crippen molar-refractivity contribution in [2.24, 2.45) is 0 Å². The second-order valence-corrected chi connectivity index (χ2v) is 4.01. The summed E-state index contributed by atoms with van der Waals surface area (Å²) in [4.78, 5) is 29.5. The Kier molecular flexibility index (Phi) is 2.95. The fourth-order valence-corrected chi connectivity index (χ4v) is 1.87. The van der Waals surface area contributed by atoms with E-state index in [1.165, 1.54) is 9.80 Å². The lowest BCUT2D eigenvalue weighted by Crippen LogP contribution is -2.38.